The third-order valence-corrected chi connectivity index (χ3v) is 3.79. The number of hydrogen-bond donors (Lipinski definition) is 2. The highest BCUT2D eigenvalue weighted by Gasteiger charge is 2.10. The van der Waals surface area contributed by atoms with Crippen molar-refractivity contribution in [3.63, 3.8) is 0 Å². The molecule has 2 amide bonds. The van der Waals surface area contributed by atoms with Gasteiger partial charge in [0, 0.05) is 18.5 Å². The van der Waals surface area contributed by atoms with Gasteiger partial charge in [0.1, 0.15) is 5.82 Å². The molecule has 2 aromatic rings. The molecule has 0 aliphatic heterocycles. The maximum absolute atomic E-state index is 12.8. The first kappa shape index (κ1) is 19.3. The molecule has 0 unspecified atom stereocenters. The molecule has 0 spiro atoms. The lowest BCUT2D eigenvalue weighted by Crippen LogP contribution is -2.21. The molecule has 5 nitrogen and oxygen atoms in total. The van der Waals surface area contributed by atoms with Gasteiger partial charge in [-0.3, -0.25) is 9.59 Å². The number of carbonyl (C=O) groups is 2. The van der Waals surface area contributed by atoms with Crippen LogP contribution in [0.4, 0.5) is 10.1 Å². The van der Waals surface area contributed by atoms with E-state index in [1.165, 1.54) is 18.3 Å². The number of rotatable bonds is 6. The molecule has 0 aliphatic rings. The monoisotopic (exact) mass is 355 g/mol. The van der Waals surface area contributed by atoms with E-state index in [1.54, 1.807) is 12.1 Å². The van der Waals surface area contributed by atoms with Crippen molar-refractivity contribution in [2.75, 3.05) is 5.32 Å². The second kappa shape index (κ2) is 8.89. The predicted octanol–water partition coefficient (Wildman–Crippen LogP) is 3.62. The van der Waals surface area contributed by atoms with Crippen LogP contribution in [0.2, 0.25) is 0 Å². The molecule has 0 heterocycles. The summed E-state index contributed by atoms with van der Waals surface area (Å²) < 4.78 is 12.8. The van der Waals surface area contributed by atoms with E-state index in [-0.39, 0.29) is 30.5 Å². The zero-order valence-corrected chi connectivity index (χ0v) is 15.1. The van der Waals surface area contributed by atoms with Gasteiger partial charge in [-0.1, -0.05) is 29.8 Å². The Morgan fingerprint density at radius 3 is 2.19 bits per heavy atom. The van der Waals surface area contributed by atoms with E-state index in [1.807, 2.05) is 32.9 Å². The summed E-state index contributed by atoms with van der Waals surface area (Å²) in [5.74, 6) is -0.926. The SMILES string of the molecule is Cc1cc(C)c(NC(=O)CCC(=O)N/N=C\c2ccc(F)cc2)c(C)c1. The molecule has 0 radical (unpaired) electrons. The fourth-order valence-corrected chi connectivity index (χ4v) is 2.59. The van der Waals surface area contributed by atoms with Gasteiger partial charge in [0.05, 0.1) is 6.21 Å². The second-order valence-corrected chi connectivity index (χ2v) is 6.17. The maximum Gasteiger partial charge on any atom is 0.240 e. The highest BCUT2D eigenvalue weighted by Crippen LogP contribution is 2.22. The molecule has 136 valence electrons. The Balaban J connectivity index is 1.80. The molecule has 0 aliphatic carbocycles. The molecule has 2 rings (SSSR count). The van der Waals surface area contributed by atoms with Crippen LogP contribution in [-0.2, 0) is 9.59 Å². The van der Waals surface area contributed by atoms with E-state index in [4.69, 9.17) is 0 Å². The van der Waals surface area contributed by atoms with Gasteiger partial charge in [-0.25, -0.2) is 9.82 Å². The van der Waals surface area contributed by atoms with Crippen molar-refractivity contribution >= 4 is 23.7 Å². The normalized spacial score (nSPS) is 10.8. The van der Waals surface area contributed by atoms with Gasteiger partial charge in [-0.15, -0.1) is 0 Å². The average Bonchev–Trinajstić information content (AvgIpc) is 2.58. The Kier molecular flexibility index (Phi) is 6.60. The summed E-state index contributed by atoms with van der Waals surface area (Å²) >= 11 is 0. The minimum Gasteiger partial charge on any atom is -0.326 e. The summed E-state index contributed by atoms with van der Waals surface area (Å²) in [4.78, 5) is 23.8. The van der Waals surface area contributed by atoms with Crippen molar-refractivity contribution in [1.82, 2.24) is 5.43 Å². The van der Waals surface area contributed by atoms with Crippen LogP contribution in [0.5, 0.6) is 0 Å². The van der Waals surface area contributed by atoms with Crippen molar-refractivity contribution in [1.29, 1.82) is 0 Å². The maximum atomic E-state index is 12.8. The number of amides is 2. The molecule has 0 saturated heterocycles. The van der Waals surface area contributed by atoms with Crippen LogP contribution in [0.3, 0.4) is 0 Å². The lowest BCUT2D eigenvalue weighted by atomic mass is 10.0. The van der Waals surface area contributed by atoms with Crippen molar-refractivity contribution in [3.8, 4) is 0 Å². The number of hydrazone groups is 1. The molecular formula is C20H22FN3O2. The van der Waals surface area contributed by atoms with E-state index in [9.17, 15) is 14.0 Å². The molecule has 0 atom stereocenters. The summed E-state index contributed by atoms with van der Waals surface area (Å²) in [5, 5.41) is 6.65. The van der Waals surface area contributed by atoms with Gasteiger partial charge in [0.25, 0.3) is 0 Å². The Bertz CT molecular complexity index is 806. The molecular weight excluding hydrogens is 333 g/mol. The van der Waals surface area contributed by atoms with Crippen LogP contribution in [0.25, 0.3) is 0 Å². The Labute approximate surface area is 152 Å². The summed E-state index contributed by atoms with van der Waals surface area (Å²) in [5.41, 5.74) is 6.92. The number of nitrogens with zero attached hydrogens (tertiary/aromatic N) is 1. The fraction of sp³-hybridized carbons (Fsp3) is 0.250. The summed E-state index contributed by atoms with van der Waals surface area (Å²) in [7, 11) is 0. The number of hydrogen-bond acceptors (Lipinski definition) is 3. The first-order chi connectivity index (χ1) is 12.3. The summed E-state index contributed by atoms with van der Waals surface area (Å²) in [6, 6.07) is 9.71. The van der Waals surface area contributed by atoms with E-state index >= 15 is 0 Å². The highest BCUT2D eigenvalue weighted by atomic mass is 19.1. The van der Waals surface area contributed by atoms with Crippen LogP contribution in [-0.4, -0.2) is 18.0 Å². The van der Waals surface area contributed by atoms with Crippen LogP contribution < -0.4 is 10.7 Å². The largest absolute Gasteiger partial charge is 0.326 e. The number of anilines is 1. The average molecular weight is 355 g/mol. The van der Waals surface area contributed by atoms with Gasteiger partial charge < -0.3 is 5.32 Å². The number of benzene rings is 2. The zero-order valence-electron chi connectivity index (χ0n) is 15.1. The highest BCUT2D eigenvalue weighted by molar-refractivity contribution is 5.94. The second-order valence-electron chi connectivity index (χ2n) is 6.17. The van der Waals surface area contributed by atoms with Gasteiger partial charge >= 0.3 is 0 Å². The van der Waals surface area contributed by atoms with Gasteiger partial charge in [0.15, 0.2) is 0 Å². The first-order valence-corrected chi connectivity index (χ1v) is 8.30. The minimum absolute atomic E-state index is 0.0244. The number of halogens is 1. The Morgan fingerprint density at radius 1 is 1.00 bits per heavy atom. The quantitative estimate of drug-likeness (QED) is 0.614. The van der Waals surface area contributed by atoms with Crippen LogP contribution in [0, 0.1) is 26.6 Å². The zero-order chi connectivity index (χ0) is 19.1. The molecule has 26 heavy (non-hydrogen) atoms. The molecule has 0 bridgehead atoms. The Morgan fingerprint density at radius 2 is 1.58 bits per heavy atom. The third-order valence-electron chi connectivity index (χ3n) is 3.79. The van der Waals surface area contributed by atoms with Crippen molar-refractivity contribution in [2.24, 2.45) is 5.10 Å². The van der Waals surface area contributed by atoms with Crippen LogP contribution in [0.1, 0.15) is 35.1 Å². The molecule has 2 aromatic carbocycles. The van der Waals surface area contributed by atoms with E-state index < -0.39 is 0 Å². The van der Waals surface area contributed by atoms with Crippen LogP contribution in [0.15, 0.2) is 41.5 Å². The number of nitrogens with one attached hydrogen (secondary N) is 2. The Hall–Kier alpha value is -3.02. The topological polar surface area (TPSA) is 70.6 Å². The number of aryl methyl sites for hydroxylation is 3. The summed E-state index contributed by atoms with van der Waals surface area (Å²) in [6.07, 6.45) is 1.50. The molecule has 0 aromatic heterocycles. The standard InChI is InChI=1S/C20H22FN3O2/c1-13-10-14(2)20(15(3)11-13)23-18(25)8-9-19(26)24-22-12-16-4-6-17(21)7-5-16/h4-7,10-12H,8-9H2,1-3H3,(H,23,25)(H,24,26)/b22-12-. The molecule has 0 fully saturated rings. The molecule has 2 N–H and O–H groups in total. The van der Waals surface area contributed by atoms with Crippen molar-refractivity contribution in [2.45, 2.75) is 33.6 Å². The molecule has 6 heteroatoms. The van der Waals surface area contributed by atoms with E-state index in [0.717, 1.165) is 22.4 Å². The van der Waals surface area contributed by atoms with Crippen molar-refractivity contribution in [3.05, 3.63) is 64.5 Å². The van der Waals surface area contributed by atoms with E-state index in [2.05, 4.69) is 15.8 Å². The minimum atomic E-state index is -0.365. The van der Waals surface area contributed by atoms with Gasteiger partial charge in [-0.05, 0) is 49.6 Å². The molecule has 0 saturated carbocycles. The summed E-state index contributed by atoms with van der Waals surface area (Å²) in [6.45, 7) is 5.88. The van der Waals surface area contributed by atoms with Gasteiger partial charge in [-0.2, -0.15) is 5.10 Å². The third kappa shape index (κ3) is 5.81. The van der Waals surface area contributed by atoms with Crippen molar-refractivity contribution < 1.29 is 14.0 Å². The van der Waals surface area contributed by atoms with Crippen LogP contribution >= 0.6 is 0 Å². The van der Waals surface area contributed by atoms with E-state index in [0.29, 0.717) is 5.56 Å². The number of carbonyl (C=O) groups excluding carboxylic acids is 2. The first-order valence-electron chi connectivity index (χ1n) is 8.30. The fourth-order valence-electron chi connectivity index (χ4n) is 2.59. The lowest BCUT2D eigenvalue weighted by Gasteiger charge is -2.12. The lowest BCUT2D eigenvalue weighted by molar-refractivity contribution is -0.124. The van der Waals surface area contributed by atoms with Gasteiger partial charge in [0.2, 0.25) is 11.8 Å². The predicted molar refractivity (Wildman–Crippen MR) is 101 cm³/mol. The smallest absolute Gasteiger partial charge is 0.240 e.